The van der Waals surface area contributed by atoms with E-state index in [0.717, 1.165) is 4.90 Å². The molecule has 1 aromatic heterocycles. The molecule has 0 saturated carbocycles. The minimum absolute atomic E-state index is 0.186. The molecular formula is C27H41N5O4S. The van der Waals surface area contributed by atoms with Gasteiger partial charge in [-0.05, 0) is 79.3 Å². The maximum Gasteiger partial charge on any atom is 0.323 e. The standard InChI is InChI=1S/C27H41N5O4S/c1-24(2)14-18(15-25(3,4)31(24)33)35-21-28-22(30-23(29-21)37-20-12-10-9-11-13-20)36-19-16-26(5,6)32(34)27(7,8)17-19/h9-13,18-19,33-34H,14-17H2,1-8H3. The Morgan fingerprint density at radius 1 is 0.676 bits per heavy atom. The number of benzene rings is 1. The van der Waals surface area contributed by atoms with Crippen molar-refractivity contribution in [3.05, 3.63) is 30.3 Å². The molecule has 2 fully saturated rings. The lowest BCUT2D eigenvalue weighted by atomic mass is 9.80. The average molecular weight is 532 g/mol. The molecule has 3 heterocycles. The van der Waals surface area contributed by atoms with E-state index in [0.29, 0.717) is 30.8 Å². The van der Waals surface area contributed by atoms with Gasteiger partial charge in [-0.15, -0.1) is 4.98 Å². The van der Waals surface area contributed by atoms with Gasteiger partial charge in [-0.25, -0.2) is 0 Å². The maximum absolute atomic E-state index is 10.7. The van der Waals surface area contributed by atoms with E-state index in [2.05, 4.69) is 15.0 Å². The highest BCUT2D eigenvalue weighted by Gasteiger charge is 2.47. The summed E-state index contributed by atoms with van der Waals surface area (Å²) < 4.78 is 12.7. The quantitative estimate of drug-likeness (QED) is 0.489. The van der Waals surface area contributed by atoms with Crippen molar-refractivity contribution in [2.75, 3.05) is 0 Å². The molecule has 2 aliphatic heterocycles. The van der Waals surface area contributed by atoms with Crippen LogP contribution in [0.1, 0.15) is 81.1 Å². The van der Waals surface area contributed by atoms with Gasteiger partial charge in [0.25, 0.3) is 0 Å². The van der Waals surface area contributed by atoms with Crippen LogP contribution < -0.4 is 9.47 Å². The first-order valence-corrected chi connectivity index (χ1v) is 13.7. The van der Waals surface area contributed by atoms with E-state index >= 15 is 0 Å². The Labute approximate surface area is 224 Å². The van der Waals surface area contributed by atoms with Gasteiger partial charge >= 0.3 is 12.0 Å². The van der Waals surface area contributed by atoms with Crippen LogP contribution in [0, 0.1) is 0 Å². The number of ether oxygens (including phenoxy) is 2. The molecule has 0 radical (unpaired) electrons. The zero-order valence-corrected chi connectivity index (χ0v) is 24.0. The number of rotatable bonds is 6. The molecule has 1 aromatic carbocycles. The second-order valence-corrected chi connectivity index (χ2v) is 13.8. The molecule has 0 atom stereocenters. The summed E-state index contributed by atoms with van der Waals surface area (Å²) in [7, 11) is 0. The lowest BCUT2D eigenvalue weighted by Crippen LogP contribution is -2.61. The van der Waals surface area contributed by atoms with Crippen LogP contribution >= 0.6 is 11.8 Å². The summed E-state index contributed by atoms with van der Waals surface area (Å²) in [6.07, 6.45) is 2.10. The number of nitrogens with zero attached hydrogens (tertiary/aromatic N) is 5. The monoisotopic (exact) mass is 531 g/mol. The van der Waals surface area contributed by atoms with E-state index < -0.39 is 22.2 Å². The first kappa shape index (κ1) is 28.0. The molecule has 0 spiro atoms. The fourth-order valence-corrected chi connectivity index (χ4v) is 6.64. The summed E-state index contributed by atoms with van der Waals surface area (Å²) in [6.45, 7) is 16.0. The molecule has 0 amide bonds. The van der Waals surface area contributed by atoms with Crippen LogP contribution in [0.15, 0.2) is 40.4 Å². The molecule has 2 N–H and O–H groups in total. The molecule has 2 aromatic rings. The second-order valence-electron chi connectivity index (χ2n) is 12.8. The summed E-state index contributed by atoms with van der Waals surface area (Å²) in [5.41, 5.74) is -1.85. The molecule has 2 saturated heterocycles. The minimum atomic E-state index is -0.462. The summed E-state index contributed by atoms with van der Waals surface area (Å²) in [5.74, 6) is 0. The van der Waals surface area contributed by atoms with Gasteiger partial charge in [0.15, 0.2) is 0 Å². The van der Waals surface area contributed by atoms with E-state index in [-0.39, 0.29) is 24.2 Å². The minimum Gasteiger partial charge on any atom is -0.460 e. The molecule has 0 unspecified atom stereocenters. The Bertz CT molecular complexity index is 997. The zero-order chi connectivity index (χ0) is 27.2. The molecule has 2 aliphatic rings. The topological polar surface area (TPSA) is 104 Å². The molecule has 0 bridgehead atoms. The molecular weight excluding hydrogens is 490 g/mol. The lowest BCUT2D eigenvalue weighted by Gasteiger charge is -2.51. The summed E-state index contributed by atoms with van der Waals surface area (Å²) in [6, 6.07) is 10.3. The van der Waals surface area contributed by atoms with Crippen molar-refractivity contribution < 1.29 is 19.9 Å². The Morgan fingerprint density at radius 3 is 1.43 bits per heavy atom. The van der Waals surface area contributed by atoms with Crippen LogP contribution in [-0.4, -0.2) is 69.9 Å². The smallest absolute Gasteiger partial charge is 0.323 e. The molecule has 0 aliphatic carbocycles. The number of hydrogen-bond donors (Lipinski definition) is 2. The van der Waals surface area contributed by atoms with E-state index in [9.17, 15) is 10.4 Å². The van der Waals surface area contributed by atoms with Crippen molar-refractivity contribution in [1.29, 1.82) is 0 Å². The van der Waals surface area contributed by atoms with Crippen molar-refractivity contribution in [3.63, 3.8) is 0 Å². The van der Waals surface area contributed by atoms with Gasteiger partial charge in [-0.1, -0.05) is 18.2 Å². The van der Waals surface area contributed by atoms with Crippen molar-refractivity contribution in [2.24, 2.45) is 0 Å². The Balaban J connectivity index is 1.61. The third-order valence-corrected chi connectivity index (χ3v) is 8.15. The number of hydroxylamine groups is 4. The molecule has 9 nitrogen and oxygen atoms in total. The third-order valence-electron chi connectivity index (χ3n) is 7.27. The van der Waals surface area contributed by atoms with Crippen molar-refractivity contribution in [3.8, 4) is 12.0 Å². The van der Waals surface area contributed by atoms with Gasteiger partial charge in [0, 0.05) is 52.7 Å². The number of aromatic nitrogens is 3. The van der Waals surface area contributed by atoms with Gasteiger partial charge in [0.2, 0.25) is 5.16 Å². The van der Waals surface area contributed by atoms with Crippen molar-refractivity contribution >= 4 is 11.8 Å². The number of piperidine rings is 2. The van der Waals surface area contributed by atoms with E-state index in [1.165, 1.54) is 21.9 Å². The fraction of sp³-hybridized carbons (Fsp3) is 0.667. The summed E-state index contributed by atoms with van der Waals surface area (Å²) >= 11 is 1.42. The Morgan fingerprint density at radius 2 is 1.05 bits per heavy atom. The summed E-state index contributed by atoms with van der Waals surface area (Å²) in [4.78, 5) is 14.8. The fourth-order valence-electron chi connectivity index (χ4n) is 5.89. The normalized spacial score (nSPS) is 24.1. The predicted molar refractivity (Wildman–Crippen MR) is 141 cm³/mol. The van der Waals surface area contributed by atoms with Crippen LogP contribution in [0.25, 0.3) is 0 Å². The van der Waals surface area contributed by atoms with Crippen molar-refractivity contribution in [1.82, 2.24) is 25.1 Å². The van der Waals surface area contributed by atoms with Gasteiger partial charge in [0.1, 0.15) is 12.2 Å². The van der Waals surface area contributed by atoms with Crippen LogP contribution in [0.5, 0.6) is 12.0 Å². The van der Waals surface area contributed by atoms with Gasteiger partial charge < -0.3 is 19.9 Å². The van der Waals surface area contributed by atoms with Gasteiger partial charge in [0.05, 0.1) is 0 Å². The highest BCUT2D eigenvalue weighted by atomic mass is 32.2. The highest BCUT2D eigenvalue weighted by molar-refractivity contribution is 7.99. The number of hydrogen-bond acceptors (Lipinski definition) is 10. The lowest BCUT2D eigenvalue weighted by molar-refractivity contribution is -0.255. The SMILES string of the molecule is CC1(C)CC(Oc2nc(OC3CC(C)(C)N(O)C(C)(C)C3)nc(Sc3ccccc3)n2)CC(C)(C)N1O. The molecule has 37 heavy (non-hydrogen) atoms. The van der Waals surface area contributed by atoms with E-state index in [1.54, 1.807) is 0 Å². The maximum atomic E-state index is 10.7. The van der Waals surface area contributed by atoms with Crippen molar-refractivity contribution in [2.45, 2.75) is 125 Å². The predicted octanol–water partition coefficient (Wildman–Crippen LogP) is 5.60. The first-order valence-electron chi connectivity index (χ1n) is 12.9. The second kappa shape index (κ2) is 9.96. The zero-order valence-electron chi connectivity index (χ0n) is 23.2. The molecule has 4 rings (SSSR count). The Hall–Kier alpha value is -1.98. The molecule has 204 valence electrons. The summed E-state index contributed by atoms with van der Waals surface area (Å²) in [5, 5.41) is 24.7. The van der Waals surface area contributed by atoms with Gasteiger partial charge in [-0.2, -0.15) is 20.1 Å². The first-order chi connectivity index (χ1) is 17.1. The van der Waals surface area contributed by atoms with Gasteiger partial charge in [-0.3, -0.25) is 0 Å². The average Bonchev–Trinajstić information content (AvgIpc) is 2.75. The third kappa shape index (κ3) is 6.37. The largest absolute Gasteiger partial charge is 0.460 e. The van der Waals surface area contributed by atoms with Crippen LogP contribution in [0.3, 0.4) is 0 Å². The van der Waals surface area contributed by atoms with E-state index in [1.807, 2.05) is 85.7 Å². The van der Waals surface area contributed by atoms with Crippen LogP contribution in [-0.2, 0) is 0 Å². The van der Waals surface area contributed by atoms with Crippen LogP contribution in [0.2, 0.25) is 0 Å². The van der Waals surface area contributed by atoms with E-state index in [4.69, 9.17) is 9.47 Å². The highest BCUT2D eigenvalue weighted by Crippen LogP contribution is 2.40. The Kier molecular flexibility index (Phi) is 7.55. The molecule has 10 heteroatoms. The van der Waals surface area contributed by atoms with Crippen LogP contribution in [0.4, 0.5) is 0 Å².